The van der Waals surface area contributed by atoms with Crippen molar-refractivity contribution in [3.8, 4) is 22.8 Å². The smallest absolute Gasteiger partial charge is 0.305 e. The molecule has 2 aromatic carbocycles. The predicted octanol–water partition coefficient (Wildman–Crippen LogP) is 5.32. The Labute approximate surface area is 206 Å². The summed E-state index contributed by atoms with van der Waals surface area (Å²) in [4.78, 5) is 29.3. The van der Waals surface area contributed by atoms with Crippen LogP contribution >= 0.6 is 0 Å². The molecule has 0 spiro atoms. The molecule has 1 aromatic heterocycles. The van der Waals surface area contributed by atoms with Gasteiger partial charge in [0.2, 0.25) is 0 Å². The lowest BCUT2D eigenvalue weighted by Crippen LogP contribution is -2.31. The van der Waals surface area contributed by atoms with Gasteiger partial charge in [-0.2, -0.15) is 0 Å². The van der Waals surface area contributed by atoms with E-state index in [-0.39, 0.29) is 17.5 Å². The molecule has 35 heavy (non-hydrogen) atoms. The third-order valence-electron chi connectivity index (χ3n) is 5.80. The van der Waals surface area contributed by atoms with E-state index in [1.165, 1.54) is 0 Å². The second-order valence-corrected chi connectivity index (χ2v) is 9.45. The van der Waals surface area contributed by atoms with Gasteiger partial charge in [0.1, 0.15) is 22.9 Å². The zero-order valence-electron chi connectivity index (χ0n) is 21.0. The minimum atomic E-state index is -1.01. The second-order valence-electron chi connectivity index (χ2n) is 9.45. The number of benzene rings is 2. The normalized spacial score (nSPS) is 12.1. The van der Waals surface area contributed by atoms with Gasteiger partial charge in [0, 0.05) is 5.56 Å². The van der Waals surface area contributed by atoms with Gasteiger partial charge in [0.25, 0.3) is 5.91 Å². The molecule has 1 amide bonds. The number of aliphatic carboxylic acids is 1. The van der Waals surface area contributed by atoms with Crippen molar-refractivity contribution in [3.05, 3.63) is 77.0 Å². The lowest BCUT2D eigenvalue weighted by molar-refractivity contribution is -0.137. The Morgan fingerprint density at radius 1 is 0.971 bits per heavy atom. The molecular formula is C28H32N2O5. The molecule has 2 N–H and O–H groups in total. The van der Waals surface area contributed by atoms with Crippen molar-refractivity contribution < 1.29 is 24.2 Å². The van der Waals surface area contributed by atoms with E-state index in [1.54, 1.807) is 26.4 Å². The molecule has 3 rings (SSSR count). The standard InChI is InChI=1S/C28H32N2O5/c1-17-7-9-18(10-8-17)22(16-25(31)32)30-27(33)21-12-14-24(35-6)26(29-21)20-15-19(28(2,3)4)11-13-23(20)34-5/h7-15,22H,16H2,1-6H3,(H,30,33)(H,31,32). The zero-order valence-corrected chi connectivity index (χ0v) is 21.0. The highest BCUT2D eigenvalue weighted by molar-refractivity contribution is 5.94. The maximum Gasteiger partial charge on any atom is 0.305 e. The number of nitrogens with zero attached hydrogens (tertiary/aromatic N) is 1. The lowest BCUT2D eigenvalue weighted by atomic mass is 9.85. The molecule has 0 aliphatic rings. The lowest BCUT2D eigenvalue weighted by Gasteiger charge is -2.22. The summed E-state index contributed by atoms with van der Waals surface area (Å²) in [5, 5.41) is 12.2. The Balaban J connectivity index is 2.02. The van der Waals surface area contributed by atoms with Gasteiger partial charge in [-0.05, 0) is 47.7 Å². The number of ether oxygens (including phenoxy) is 2. The number of carboxylic acid groups (broad SMARTS) is 1. The molecule has 3 aromatic rings. The first-order valence-electron chi connectivity index (χ1n) is 11.4. The summed E-state index contributed by atoms with van der Waals surface area (Å²) < 4.78 is 11.1. The molecule has 184 valence electrons. The zero-order chi connectivity index (χ0) is 25.8. The van der Waals surface area contributed by atoms with Crippen LogP contribution in [0.3, 0.4) is 0 Å². The van der Waals surface area contributed by atoms with E-state index in [0.717, 1.165) is 11.1 Å². The second kappa shape index (κ2) is 10.6. The number of amides is 1. The monoisotopic (exact) mass is 476 g/mol. The molecule has 1 atom stereocenters. The Morgan fingerprint density at radius 2 is 1.60 bits per heavy atom. The van der Waals surface area contributed by atoms with E-state index in [1.807, 2.05) is 49.4 Å². The highest BCUT2D eigenvalue weighted by Crippen LogP contribution is 2.38. The van der Waals surface area contributed by atoms with Crippen LogP contribution in [0.25, 0.3) is 11.3 Å². The molecule has 7 heteroatoms. The summed E-state index contributed by atoms with van der Waals surface area (Å²) in [7, 11) is 3.12. The molecule has 0 fully saturated rings. The maximum atomic E-state index is 13.2. The summed E-state index contributed by atoms with van der Waals surface area (Å²) in [5.41, 5.74) is 4.03. The molecule has 0 saturated carbocycles. The SMILES string of the molecule is COc1ccc(C(C)(C)C)cc1-c1nc(C(=O)NC(CC(=O)O)c2ccc(C)cc2)ccc1OC. The van der Waals surface area contributed by atoms with Gasteiger partial charge in [-0.1, -0.05) is 56.7 Å². The third-order valence-corrected chi connectivity index (χ3v) is 5.80. The summed E-state index contributed by atoms with van der Waals surface area (Å²) in [5.74, 6) is -0.397. The number of hydrogen-bond acceptors (Lipinski definition) is 5. The van der Waals surface area contributed by atoms with Crippen molar-refractivity contribution in [2.24, 2.45) is 0 Å². The van der Waals surface area contributed by atoms with E-state index in [2.05, 4.69) is 31.1 Å². The van der Waals surface area contributed by atoms with Crippen LogP contribution in [-0.4, -0.2) is 36.2 Å². The fourth-order valence-corrected chi connectivity index (χ4v) is 3.75. The number of nitrogens with one attached hydrogen (secondary N) is 1. The van der Waals surface area contributed by atoms with Crippen LogP contribution in [0.5, 0.6) is 11.5 Å². The first-order chi connectivity index (χ1) is 16.5. The van der Waals surface area contributed by atoms with Gasteiger partial charge in [-0.3, -0.25) is 9.59 Å². The molecule has 0 saturated heterocycles. The van der Waals surface area contributed by atoms with Crippen LogP contribution in [0.2, 0.25) is 0 Å². The van der Waals surface area contributed by atoms with E-state index < -0.39 is 17.9 Å². The molecule has 0 aliphatic heterocycles. The van der Waals surface area contributed by atoms with Crippen molar-refractivity contribution in [2.45, 2.75) is 45.6 Å². The Hall–Kier alpha value is -3.87. The van der Waals surface area contributed by atoms with Crippen LogP contribution in [0.15, 0.2) is 54.6 Å². The first kappa shape index (κ1) is 25.7. The Morgan fingerprint density at radius 3 is 2.17 bits per heavy atom. The number of hydrogen-bond donors (Lipinski definition) is 2. The summed E-state index contributed by atoms with van der Waals surface area (Å²) in [6.45, 7) is 8.28. The molecule has 0 bridgehead atoms. The highest BCUT2D eigenvalue weighted by Gasteiger charge is 2.23. The van der Waals surface area contributed by atoms with Gasteiger partial charge >= 0.3 is 5.97 Å². The van der Waals surface area contributed by atoms with Gasteiger partial charge in [0.05, 0.1) is 26.7 Å². The number of aryl methyl sites for hydroxylation is 1. The van der Waals surface area contributed by atoms with Crippen LogP contribution in [0, 0.1) is 6.92 Å². The fraction of sp³-hybridized carbons (Fsp3) is 0.321. The highest BCUT2D eigenvalue weighted by atomic mass is 16.5. The van der Waals surface area contributed by atoms with E-state index >= 15 is 0 Å². The summed E-state index contributed by atoms with van der Waals surface area (Å²) in [6, 6.07) is 15.8. The Bertz CT molecular complexity index is 1210. The van der Waals surface area contributed by atoms with Gasteiger partial charge < -0.3 is 19.9 Å². The van der Waals surface area contributed by atoms with E-state index in [9.17, 15) is 14.7 Å². The van der Waals surface area contributed by atoms with Crippen LogP contribution in [0.1, 0.15) is 60.4 Å². The number of carbonyl (C=O) groups is 2. The van der Waals surface area contributed by atoms with Crippen LogP contribution < -0.4 is 14.8 Å². The number of carbonyl (C=O) groups excluding carboxylic acids is 1. The molecular weight excluding hydrogens is 444 g/mol. The fourth-order valence-electron chi connectivity index (χ4n) is 3.75. The topological polar surface area (TPSA) is 97.8 Å². The van der Waals surface area contributed by atoms with Crippen molar-refractivity contribution in [2.75, 3.05) is 14.2 Å². The first-order valence-corrected chi connectivity index (χ1v) is 11.4. The van der Waals surface area contributed by atoms with Crippen molar-refractivity contribution in [1.82, 2.24) is 10.3 Å². The summed E-state index contributed by atoms with van der Waals surface area (Å²) >= 11 is 0. The van der Waals surface area contributed by atoms with E-state index in [0.29, 0.717) is 28.3 Å². The van der Waals surface area contributed by atoms with E-state index in [4.69, 9.17) is 9.47 Å². The van der Waals surface area contributed by atoms with Gasteiger partial charge in [0.15, 0.2) is 0 Å². The minimum absolute atomic E-state index is 0.110. The average Bonchev–Trinajstić information content (AvgIpc) is 2.82. The molecule has 1 unspecified atom stereocenters. The van der Waals surface area contributed by atoms with Crippen molar-refractivity contribution in [3.63, 3.8) is 0 Å². The minimum Gasteiger partial charge on any atom is -0.496 e. The number of methoxy groups -OCH3 is 2. The Kier molecular flexibility index (Phi) is 7.79. The molecule has 1 heterocycles. The molecule has 0 radical (unpaired) electrons. The number of pyridine rings is 1. The molecule has 0 aliphatic carbocycles. The number of carboxylic acids is 1. The van der Waals surface area contributed by atoms with Crippen LogP contribution in [0.4, 0.5) is 0 Å². The van der Waals surface area contributed by atoms with Crippen LogP contribution in [-0.2, 0) is 10.2 Å². The third kappa shape index (κ3) is 6.18. The predicted molar refractivity (Wildman–Crippen MR) is 135 cm³/mol. The summed E-state index contributed by atoms with van der Waals surface area (Å²) in [6.07, 6.45) is -0.251. The quantitative estimate of drug-likeness (QED) is 0.457. The van der Waals surface area contributed by atoms with Crippen molar-refractivity contribution >= 4 is 11.9 Å². The van der Waals surface area contributed by atoms with Gasteiger partial charge in [-0.15, -0.1) is 0 Å². The van der Waals surface area contributed by atoms with Gasteiger partial charge in [-0.25, -0.2) is 4.98 Å². The number of aromatic nitrogens is 1. The molecule has 7 nitrogen and oxygen atoms in total. The maximum absolute atomic E-state index is 13.2. The number of rotatable bonds is 8. The van der Waals surface area contributed by atoms with Crippen molar-refractivity contribution in [1.29, 1.82) is 0 Å². The largest absolute Gasteiger partial charge is 0.496 e. The average molecular weight is 477 g/mol.